The molecule has 110 valence electrons. The van der Waals surface area contributed by atoms with Crippen LogP contribution in [0.15, 0.2) is 24.3 Å². The molecule has 0 heterocycles. The van der Waals surface area contributed by atoms with Gasteiger partial charge in [-0.1, -0.05) is 26.0 Å². The maximum absolute atomic E-state index is 11.6. The lowest BCUT2D eigenvalue weighted by Crippen LogP contribution is -2.25. The number of ether oxygens (including phenoxy) is 1. The molecule has 0 fully saturated rings. The summed E-state index contributed by atoms with van der Waals surface area (Å²) in [5.41, 5.74) is 0.410. The van der Waals surface area contributed by atoms with Crippen LogP contribution >= 0.6 is 8.25 Å². The highest BCUT2D eigenvalue weighted by Crippen LogP contribution is 2.40. The molecule has 20 heavy (non-hydrogen) atoms. The van der Waals surface area contributed by atoms with Crippen LogP contribution in [-0.2, 0) is 19.4 Å². The third kappa shape index (κ3) is 3.85. The van der Waals surface area contributed by atoms with Crippen molar-refractivity contribution in [3.63, 3.8) is 0 Å². The van der Waals surface area contributed by atoms with Crippen molar-refractivity contribution in [1.29, 1.82) is 0 Å². The van der Waals surface area contributed by atoms with Crippen molar-refractivity contribution in [2.24, 2.45) is 0 Å². The monoisotopic (exact) mass is 299 g/mol. The van der Waals surface area contributed by atoms with Crippen molar-refractivity contribution in [3.05, 3.63) is 35.4 Å². The molecule has 1 aromatic carbocycles. The minimum Gasteiger partial charge on any atom is -0.462 e. The van der Waals surface area contributed by atoms with Gasteiger partial charge in [-0.25, -0.2) is 4.79 Å². The van der Waals surface area contributed by atoms with Gasteiger partial charge in [-0.3, -0.25) is 0 Å². The fraction of sp³-hybridized carbons (Fsp3) is 0.500. The minimum absolute atomic E-state index is 0.322. The van der Waals surface area contributed by atoms with Crippen LogP contribution in [0.3, 0.4) is 0 Å². The van der Waals surface area contributed by atoms with E-state index in [0.29, 0.717) is 25.0 Å². The molecule has 0 aromatic heterocycles. The van der Waals surface area contributed by atoms with Gasteiger partial charge in [-0.15, -0.1) is 9.42 Å². The Labute approximate surface area is 119 Å². The van der Waals surface area contributed by atoms with Gasteiger partial charge in [-0.05, 0) is 37.5 Å². The van der Waals surface area contributed by atoms with Gasteiger partial charge in [0.05, 0.1) is 12.2 Å². The Hall–Kier alpha value is -1.29. The second-order valence-corrected chi connectivity index (χ2v) is 4.99. The van der Waals surface area contributed by atoms with Gasteiger partial charge < -0.3 is 4.74 Å². The summed E-state index contributed by atoms with van der Waals surface area (Å²) in [7, 11) is -2.69. The van der Waals surface area contributed by atoms with E-state index in [4.69, 9.17) is 14.2 Å². The van der Waals surface area contributed by atoms with Crippen LogP contribution in [0.2, 0.25) is 0 Å². The molecule has 0 radical (unpaired) electrons. The molecule has 6 heteroatoms. The minimum atomic E-state index is -2.69. The standard InChI is InChI=1S/C14H19O5P/c1-4-14(5-2,19-20(16)17)12-9-7-11(8-10-12)13(15)18-6-3/h7-10H,4-6H2,1-3H3/p+1. The number of benzene rings is 1. The molecule has 0 aliphatic carbocycles. The number of hydrogen-bond acceptors (Lipinski definition) is 4. The average Bonchev–Trinajstić information content (AvgIpc) is 2.45. The van der Waals surface area contributed by atoms with Gasteiger partial charge in [-0.2, -0.15) is 0 Å². The van der Waals surface area contributed by atoms with Gasteiger partial charge in [0.1, 0.15) is 0 Å². The first-order valence-electron chi connectivity index (χ1n) is 6.62. The summed E-state index contributed by atoms with van der Waals surface area (Å²) in [4.78, 5) is 20.6. The quantitative estimate of drug-likeness (QED) is 0.615. The molecule has 1 N–H and O–H groups in total. The summed E-state index contributed by atoms with van der Waals surface area (Å²) in [6.07, 6.45) is 1.12. The van der Waals surface area contributed by atoms with Crippen molar-refractivity contribution >= 4 is 14.2 Å². The lowest BCUT2D eigenvalue weighted by molar-refractivity contribution is 0.0510. The molecule has 1 aromatic rings. The van der Waals surface area contributed by atoms with Crippen molar-refractivity contribution in [1.82, 2.24) is 0 Å². The summed E-state index contributed by atoms with van der Waals surface area (Å²) >= 11 is 0. The van der Waals surface area contributed by atoms with E-state index < -0.39 is 13.9 Å². The molecule has 0 amide bonds. The number of carbonyl (C=O) groups is 1. The summed E-state index contributed by atoms with van der Waals surface area (Å²) in [6, 6.07) is 6.75. The first-order chi connectivity index (χ1) is 9.49. The molecule has 0 saturated carbocycles. The van der Waals surface area contributed by atoms with Gasteiger partial charge in [0.15, 0.2) is 5.60 Å². The normalized spacial score (nSPS) is 12.1. The van der Waals surface area contributed by atoms with Gasteiger partial charge in [0.25, 0.3) is 0 Å². The maximum Gasteiger partial charge on any atom is 0.695 e. The number of hydrogen-bond donors (Lipinski definition) is 1. The molecular weight excluding hydrogens is 279 g/mol. The molecule has 1 unspecified atom stereocenters. The smallest absolute Gasteiger partial charge is 0.462 e. The molecule has 0 bridgehead atoms. The third-order valence-corrected chi connectivity index (χ3v) is 3.82. The van der Waals surface area contributed by atoms with Crippen LogP contribution in [-0.4, -0.2) is 17.5 Å². The lowest BCUT2D eigenvalue weighted by atomic mass is 9.88. The van der Waals surface area contributed by atoms with Crippen molar-refractivity contribution in [3.8, 4) is 0 Å². The molecule has 0 saturated heterocycles. The Morgan fingerprint density at radius 3 is 2.15 bits per heavy atom. The van der Waals surface area contributed by atoms with Gasteiger partial charge in [0.2, 0.25) is 0 Å². The Bertz CT molecular complexity index is 465. The maximum atomic E-state index is 11.6. The van der Waals surface area contributed by atoms with Crippen LogP contribution in [0, 0.1) is 0 Å². The van der Waals surface area contributed by atoms with Crippen molar-refractivity contribution in [2.75, 3.05) is 6.61 Å². The summed E-state index contributed by atoms with van der Waals surface area (Å²) in [5, 5.41) is 0. The summed E-state index contributed by atoms with van der Waals surface area (Å²) < 4.78 is 21.2. The molecule has 1 atom stereocenters. The molecule has 0 aliphatic heterocycles. The lowest BCUT2D eigenvalue weighted by Gasteiger charge is -2.25. The zero-order valence-electron chi connectivity index (χ0n) is 12.0. The van der Waals surface area contributed by atoms with E-state index in [1.807, 2.05) is 13.8 Å². The Balaban J connectivity index is 3.05. The van der Waals surface area contributed by atoms with E-state index in [0.717, 1.165) is 5.56 Å². The van der Waals surface area contributed by atoms with E-state index in [1.165, 1.54) is 0 Å². The Kier molecular flexibility index (Phi) is 6.27. The van der Waals surface area contributed by atoms with Gasteiger partial charge in [0, 0.05) is 4.57 Å². The summed E-state index contributed by atoms with van der Waals surface area (Å²) in [6.45, 7) is 5.85. The van der Waals surface area contributed by atoms with Crippen molar-refractivity contribution in [2.45, 2.75) is 39.2 Å². The molecule has 5 nitrogen and oxygen atoms in total. The second kappa shape index (κ2) is 7.48. The Morgan fingerprint density at radius 1 is 1.20 bits per heavy atom. The first kappa shape index (κ1) is 16.8. The fourth-order valence-corrected chi connectivity index (χ4v) is 2.78. The van der Waals surface area contributed by atoms with Crippen LogP contribution in [0.25, 0.3) is 0 Å². The predicted molar refractivity (Wildman–Crippen MR) is 75.6 cm³/mol. The predicted octanol–water partition coefficient (Wildman–Crippen LogP) is 3.54. The third-order valence-electron chi connectivity index (χ3n) is 3.32. The number of esters is 1. The zero-order chi connectivity index (χ0) is 15.2. The average molecular weight is 299 g/mol. The Morgan fingerprint density at radius 2 is 1.75 bits per heavy atom. The van der Waals surface area contributed by atoms with E-state index in [2.05, 4.69) is 0 Å². The highest BCUT2D eigenvalue weighted by Gasteiger charge is 2.39. The number of carbonyl (C=O) groups excluding carboxylic acids is 1. The largest absolute Gasteiger partial charge is 0.695 e. The SMILES string of the molecule is CCOC(=O)c1ccc(C(CC)(CC)O[P+](=O)O)cc1. The fourth-order valence-electron chi connectivity index (χ4n) is 2.11. The molecule has 1 rings (SSSR count). The zero-order valence-corrected chi connectivity index (χ0v) is 12.9. The van der Waals surface area contributed by atoms with E-state index in [-0.39, 0.29) is 5.97 Å². The van der Waals surface area contributed by atoms with E-state index in [9.17, 15) is 9.36 Å². The highest BCUT2D eigenvalue weighted by molar-refractivity contribution is 7.32. The van der Waals surface area contributed by atoms with E-state index >= 15 is 0 Å². The second-order valence-electron chi connectivity index (χ2n) is 4.33. The molecule has 0 spiro atoms. The van der Waals surface area contributed by atoms with Crippen LogP contribution in [0.1, 0.15) is 49.5 Å². The summed E-state index contributed by atoms with van der Waals surface area (Å²) in [5.74, 6) is -0.383. The topological polar surface area (TPSA) is 72.8 Å². The molecular formula is C14H20O5P+. The first-order valence-corrected chi connectivity index (χ1v) is 7.75. The highest BCUT2D eigenvalue weighted by atomic mass is 31.1. The van der Waals surface area contributed by atoms with Crippen LogP contribution in [0.5, 0.6) is 0 Å². The van der Waals surface area contributed by atoms with E-state index in [1.54, 1.807) is 31.2 Å². The van der Waals surface area contributed by atoms with Gasteiger partial charge >= 0.3 is 14.2 Å². The van der Waals surface area contributed by atoms with Crippen LogP contribution < -0.4 is 0 Å². The van der Waals surface area contributed by atoms with Crippen molar-refractivity contribution < 1.29 is 23.5 Å². The number of rotatable bonds is 7. The van der Waals surface area contributed by atoms with Crippen LogP contribution in [0.4, 0.5) is 0 Å². The molecule has 0 aliphatic rings.